The minimum atomic E-state index is -2.73. The van der Waals surface area contributed by atoms with Crippen LogP contribution in [-0.2, 0) is 0 Å². The molecular weight excluding hydrogens is 234 g/mol. The molecule has 17 heavy (non-hydrogen) atoms. The van der Waals surface area contributed by atoms with Crippen molar-refractivity contribution in [3.05, 3.63) is 40.1 Å². The summed E-state index contributed by atoms with van der Waals surface area (Å²) in [5, 5.41) is 20.1. The summed E-state index contributed by atoms with van der Waals surface area (Å²) in [7, 11) is 0. The molecule has 1 aromatic carbocycles. The fraction of sp³-hybridized carbons (Fsp3) is 0.100. The Labute approximate surface area is 93.5 Å². The predicted octanol–water partition coefficient (Wildman–Crippen LogP) is 2.79. The van der Waals surface area contributed by atoms with E-state index in [9.17, 15) is 24.0 Å². The number of rotatable bonds is 2. The number of nitro groups is 1. The van der Waals surface area contributed by atoms with Crippen molar-refractivity contribution in [3.63, 3.8) is 0 Å². The number of fused-ring (bicyclic) bond motifs is 1. The first-order valence-corrected chi connectivity index (χ1v) is 4.55. The molecule has 0 radical (unpaired) electrons. The largest absolute Gasteiger partial charge is 0.501 e. The lowest BCUT2D eigenvalue weighted by Crippen LogP contribution is -1.93. The number of nitro benzene ring substituents is 1. The minimum Gasteiger partial charge on any atom is -0.501 e. The number of benzene rings is 1. The summed E-state index contributed by atoms with van der Waals surface area (Å²) in [4.78, 5) is 13.4. The highest BCUT2D eigenvalue weighted by Crippen LogP contribution is 2.36. The number of aromatic nitrogens is 1. The van der Waals surface area contributed by atoms with E-state index in [-0.39, 0.29) is 16.5 Å². The van der Waals surface area contributed by atoms with E-state index in [1.165, 1.54) is 0 Å². The van der Waals surface area contributed by atoms with Gasteiger partial charge >= 0.3 is 5.69 Å². The molecule has 1 N–H and O–H groups in total. The number of halogens is 2. The van der Waals surface area contributed by atoms with Crippen LogP contribution in [0.2, 0.25) is 0 Å². The summed E-state index contributed by atoms with van der Waals surface area (Å²) in [5.41, 5.74) is -1.08. The fourth-order valence-electron chi connectivity index (χ4n) is 1.55. The van der Waals surface area contributed by atoms with Crippen LogP contribution in [0, 0.1) is 10.1 Å². The molecule has 0 atom stereocenters. The predicted molar refractivity (Wildman–Crippen MR) is 55.0 cm³/mol. The van der Waals surface area contributed by atoms with Gasteiger partial charge in [-0.05, 0) is 12.1 Å². The maximum atomic E-state index is 12.6. The molecule has 2 rings (SSSR count). The summed E-state index contributed by atoms with van der Waals surface area (Å²) in [6, 6.07) is 3.24. The van der Waals surface area contributed by atoms with Crippen molar-refractivity contribution in [1.29, 1.82) is 0 Å². The van der Waals surface area contributed by atoms with Crippen LogP contribution in [0.3, 0.4) is 0 Å². The first-order valence-electron chi connectivity index (χ1n) is 4.55. The summed E-state index contributed by atoms with van der Waals surface area (Å²) < 4.78 is 25.3. The van der Waals surface area contributed by atoms with E-state index in [1.807, 2.05) is 0 Å². The van der Waals surface area contributed by atoms with Gasteiger partial charge in [-0.2, -0.15) is 0 Å². The summed E-state index contributed by atoms with van der Waals surface area (Å²) >= 11 is 0. The average Bonchev–Trinajstić information content (AvgIpc) is 2.28. The van der Waals surface area contributed by atoms with Crippen LogP contribution in [0.1, 0.15) is 12.0 Å². The number of alkyl halides is 2. The van der Waals surface area contributed by atoms with E-state index in [0.29, 0.717) is 0 Å². The van der Waals surface area contributed by atoms with Crippen LogP contribution in [0.5, 0.6) is 5.75 Å². The minimum absolute atomic E-state index is 0.00519. The number of pyridine rings is 1. The average molecular weight is 240 g/mol. The molecule has 0 saturated carbocycles. The van der Waals surface area contributed by atoms with Crippen molar-refractivity contribution in [3.8, 4) is 5.75 Å². The topological polar surface area (TPSA) is 76.3 Å². The van der Waals surface area contributed by atoms with E-state index in [1.54, 1.807) is 0 Å². The Balaban J connectivity index is 2.80. The summed E-state index contributed by atoms with van der Waals surface area (Å²) in [6.45, 7) is 0. The molecule has 7 heteroatoms. The Bertz CT molecular complexity index is 601. The van der Waals surface area contributed by atoms with E-state index in [4.69, 9.17) is 0 Å². The third kappa shape index (κ3) is 1.75. The number of nitrogens with zero attached hydrogens (tertiary/aromatic N) is 2. The smallest absolute Gasteiger partial charge is 0.313 e. The van der Waals surface area contributed by atoms with Crippen molar-refractivity contribution in [2.24, 2.45) is 0 Å². The van der Waals surface area contributed by atoms with Gasteiger partial charge in [0.15, 0.2) is 0 Å². The second-order valence-corrected chi connectivity index (χ2v) is 3.29. The number of phenols is 1. The SMILES string of the molecule is O=[N+]([O-])c1ccc2c(C(F)F)ccnc2c1O. The Morgan fingerprint density at radius 1 is 1.35 bits per heavy atom. The first kappa shape index (κ1) is 11.2. The van der Waals surface area contributed by atoms with Crippen molar-refractivity contribution >= 4 is 16.6 Å². The quantitative estimate of drug-likeness (QED) is 0.646. The van der Waals surface area contributed by atoms with Crippen LogP contribution >= 0.6 is 0 Å². The molecule has 0 aliphatic heterocycles. The Morgan fingerprint density at radius 2 is 2.06 bits per heavy atom. The third-order valence-electron chi connectivity index (χ3n) is 2.33. The van der Waals surface area contributed by atoms with E-state index < -0.39 is 22.8 Å². The molecule has 1 aromatic heterocycles. The van der Waals surface area contributed by atoms with Crippen LogP contribution < -0.4 is 0 Å². The number of phenolic OH excluding ortho intramolecular Hbond substituents is 1. The molecule has 0 fully saturated rings. The van der Waals surface area contributed by atoms with Gasteiger partial charge in [-0.15, -0.1) is 0 Å². The van der Waals surface area contributed by atoms with E-state index in [0.717, 1.165) is 24.4 Å². The van der Waals surface area contributed by atoms with Crippen LogP contribution in [0.4, 0.5) is 14.5 Å². The van der Waals surface area contributed by atoms with Crippen molar-refractivity contribution in [2.75, 3.05) is 0 Å². The van der Waals surface area contributed by atoms with E-state index in [2.05, 4.69) is 4.98 Å². The standard InChI is InChI=1S/C10H6F2N2O3/c11-10(12)6-3-4-13-8-5(6)1-2-7(9(8)15)14(16)17/h1-4,10,15H. The number of aromatic hydroxyl groups is 1. The third-order valence-corrected chi connectivity index (χ3v) is 2.33. The monoisotopic (exact) mass is 240 g/mol. The molecule has 88 valence electrons. The fourth-order valence-corrected chi connectivity index (χ4v) is 1.55. The summed E-state index contributed by atoms with van der Waals surface area (Å²) in [5.74, 6) is -0.699. The molecular formula is C10H6F2N2O3. The lowest BCUT2D eigenvalue weighted by atomic mass is 10.1. The molecule has 0 bridgehead atoms. The molecule has 1 heterocycles. The first-order chi connectivity index (χ1) is 8.02. The van der Waals surface area contributed by atoms with Gasteiger partial charge in [0, 0.05) is 23.2 Å². The van der Waals surface area contributed by atoms with Gasteiger partial charge in [0.1, 0.15) is 5.52 Å². The molecule has 0 spiro atoms. The molecule has 0 unspecified atom stereocenters. The second-order valence-electron chi connectivity index (χ2n) is 3.29. The van der Waals surface area contributed by atoms with Crippen molar-refractivity contribution in [2.45, 2.75) is 6.43 Å². The molecule has 0 aliphatic carbocycles. The van der Waals surface area contributed by atoms with Crippen LogP contribution in [-0.4, -0.2) is 15.0 Å². The molecule has 2 aromatic rings. The summed E-state index contributed by atoms with van der Waals surface area (Å²) in [6.07, 6.45) is -1.66. The highest BCUT2D eigenvalue weighted by atomic mass is 19.3. The van der Waals surface area contributed by atoms with Gasteiger partial charge in [0.05, 0.1) is 4.92 Å². The van der Waals surface area contributed by atoms with Gasteiger partial charge in [-0.25, -0.2) is 8.78 Å². The van der Waals surface area contributed by atoms with Gasteiger partial charge in [0.25, 0.3) is 6.43 Å². The van der Waals surface area contributed by atoms with E-state index >= 15 is 0 Å². The number of hydrogen-bond acceptors (Lipinski definition) is 4. The van der Waals surface area contributed by atoms with Crippen molar-refractivity contribution in [1.82, 2.24) is 4.98 Å². The van der Waals surface area contributed by atoms with Gasteiger partial charge in [0.2, 0.25) is 5.75 Å². The lowest BCUT2D eigenvalue weighted by molar-refractivity contribution is -0.385. The van der Waals surface area contributed by atoms with Gasteiger partial charge < -0.3 is 5.11 Å². The lowest BCUT2D eigenvalue weighted by Gasteiger charge is -2.06. The Kier molecular flexibility index (Phi) is 2.58. The highest BCUT2D eigenvalue weighted by molar-refractivity contribution is 5.90. The van der Waals surface area contributed by atoms with Crippen LogP contribution in [0.25, 0.3) is 10.9 Å². The molecule has 0 saturated heterocycles. The normalized spacial score (nSPS) is 11.0. The highest BCUT2D eigenvalue weighted by Gasteiger charge is 2.20. The number of hydrogen-bond donors (Lipinski definition) is 1. The maximum Gasteiger partial charge on any atom is 0.313 e. The Morgan fingerprint density at radius 3 is 2.65 bits per heavy atom. The van der Waals surface area contributed by atoms with Gasteiger partial charge in [-0.3, -0.25) is 15.1 Å². The maximum absolute atomic E-state index is 12.6. The second kappa shape index (κ2) is 3.93. The van der Waals surface area contributed by atoms with Gasteiger partial charge in [-0.1, -0.05) is 0 Å². The zero-order chi connectivity index (χ0) is 12.6. The Hall–Kier alpha value is -2.31. The van der Waals surface area contributed by atoms with Crippen molar-refractivity contribution < 1.29 is 18.8 Å². The molecule has 0 amide bonds. The zero-order valence-corrected chi connectivity index (χ0v) is 8.30. The molecule has 0 aliphatic rings. The zero-order valence-electron chi connectivity index (χ0n) is 8.30. The molecule has 5 nitrogen and oxygen atoms in total. The van der Waals surface area contributed by atoms with Crippen LogP contribution in [0.15, 0.2) is 24.4 Å².